The molecule has 18 heavy (non-hydrogen) atoms. The molecule has 0 bridgehead atoms. The predicted octanol–water partition coefficient (Wildman–Crippen LogP) is 3.59. The molecule has 2 rings (SSSR count). The van der Waals surface area contributed by atoms with Crippen molar-refractivity contribution in [1.29, 1.82) is 0 Å². The number of carbonyl (C=O) groups is 1. The van der Waals surface area contributed by atoms with Gasteiger partial charge in [0.2, 0.25) is 0 Å². The molecule has 0 N–H and O–H groups in total. The monoisotopic (exact) mass is 261 g/mol. The molecule has 0 saturated carbocycles. The van der Waals surface area contributed by atoms with Gasteiger partial charge < -0.3 is 0 Å². The van der Waals surface area contributed by atoms with Gasteiger partial charge in [0.15, 0.2) is 5.78 Å². The van der Waals surface area contributed by atoms with Gasteiger partial charge in [0, 0.05) is 23.9 Å². The lowest BCUT2D eigenvalue weighted by atomic mass is 10.1. The number of hydrogen-bond acceptors (Lipinski definition) is 3. The number of pyridine rings is 1. The fourth-order valence-electron chi connectivity index (χ4n) is 1.46. The van der Waals surface area contributed by atoms with E-state index in [0.29, 0.717) is 17.7 Å². The van der Waals surface area contributed by atoms with Crippen LogP contribution in [0.1, 0.15) is 16.8 Å². The maximum absolute atomic E-state index is 12.7. The van der Waals surface area contributed by atoms with Gasteiger partial charge in [0.25, 0.3) is 0 Å². The zero-order valence-corrected chi connectivity index (χ0v) is 10.5. The van der Waals surface area contributed by atoms with Crippen molar-refractivity contribution in [3.63, 3.8) is 0 Å². The molecule has 0 unspecified atom stereocenters. The number of halogens is 1. The molecule has 2 nitrogen and oxygen atoms in total. The molecule has 0 radical (unpaired) electrons. The smallest absolute Gasteiger partial charge is 0.163 e. The molecule has 0 saturated heterocycles. The van der Waals surface area contributed by atoms with Gasteiger partial charge in [-0.1, -0.05) is 6.07 Å². The van der Waals surface area contributed by atoms with Crippen LogP contribution in [-0.2, 0) is 0 Å². The predicted molar refractivity (Wildman–Crippen MR) is 70.3 cm³/mol. The Hall–Kier alpha value is -1.68. The van der Waals surface area contributed by atoms with Crippen LogP contribution >= 0.6 is 11.8 Å². The minimum atomic E-state index is -0.325. The molecule has 4 heteroatoms. The van der Waals surface area contributed by atoms with E-state index in [4.69, 9.17) is 0 Å². The summed E-state index contributed by atoms with van der Waals surface area (Å²) in [5, 5.41) is 0.907. The Labute approximate surface area is 109 Å². The van der Waals surface area contributed by atoms with Crippen LogP contribution in [0.4, 0.5) is 4.39 Å². The fraction of sp³-hybridized carbons (Fsp3) is 0.143. The van der Waals surface area contributed by atoms with Gasteiger partial charge in [0.1, 0.15) is 5.82 Å². The number of ketones is 1. The van der Waals surface area contributed by atoms with Crippen molar-refractivity contribution in [1.82, 2.24) is 4.98 Å². The summed E-state index contributed by atoms with van der Waals surface area (Å²) in [5.74, 6) is 0.376. The third-order valence-corrected chi connectivity index (χ3v) is 3.33. The lowest BCUT2D eigenvalue weighted by molar-refractivity contribution is 0.0989. The Morgan fingerprint density at radius 1 is 1.17 bits per heavy atom. The molecule has 1 aromatic carbocycles. The number of nitrogens with zero attached hydrogens (tertiary/aromatic N) is 1. The Morgan fingerprint density at radius 3 is 2.61 bits per heavy atom. The van der Waals surface area contributed by atoms with Crippen molar-refractivity contribution in [2.75, 3.05) is 5.75 Å². The van der Waals surface area contributed by atoms with Gasteiger partial charge in [-0.3, -0.25) is 4.79 Å². The van der Waals surface area contributed by atoms with Crippen molar-refractivity contribution in [3.8, 4) is 0 Å². The summed E-state index contributed by atoms with van der Waals surface area (Å²) in [6.45, 7) is 0. The Kier molecular flexibility index (Phi) is 4.47. The van der Waals surface area contributed by atoms with E-state index in [-0.39, 0.29) is 11.6 Å². The molecule has 2 aromatic rings. The molecule has 1 heterocycles. The van der Waals surface area contributed by atoms with Crippen LogP contribution in [0.2, 0.25) is 0 Å². The van der Waals surface area contributed by atoms with E-state index in [0.717, 1.165) is 5.03 Å². The zero-order valence-electron chi connectivity index (χ0n) is 9.67. The lowest BCUT2D eigenvalue weighted by Gasteiger charge is -2.01. The van der Waals surface area contributed by atoms with Gasteiger partial charge in [-0.15, -0.1) is 11.8 Å². The summed E-state index contributed by atoms with van der Waals surface area (Å²) in [6.07, 6.45) is 2.15. The van der Waals surface area contributed by atoms with Crippen LogP contribution in [-0.4, -0.2) is 16.5 Å². The zero-order chi connectivity index (χ0) is 12.8. The second-order valence-electron chi connectivity index (χ2n) is 3.70. The normalized spacial score (nSPS) is 10.3. The molecular formula is C14H12FNOS. The van der Waals surface area contributed by atoms with Gasteiger partial charge in [-0.2, -0.15) is 0 Å². The Balaban J connectivity index is 1.84. The van der Waals surface area contributed by atoms with Gasteiger partial charge in [0.05, 0.1) is 5.03 Å². The SMILES string of the molecule is O=C(CCSc1ccccn1)c1ccc(F)cc1. The second kappa shape index (κ2) is 6.31. The highest BCUT2D eigenvalue weighted by Crippen LogP contribution is 2.16. The molecule has 0 atom stereocenters. The first-order chi connectivity index (χ1) is 8.75. The second-order valence-corrected chi connectivity index (χ2v) is 4.81. The van der Waals surface area contributed by atoms with Crippen molar-refractivity contribution in [2.24, 2.45) is 0 Å². The van der Waals surface area contributed by atoms with E-state index in [9.17, 15) is 9.18 Å². The third kappa shape index (κ3) is 3.67. The fourth-order valence-corrected chi connectivity index (χ4v) is 2.27. The number of thioether (sulfide) groups is 1. The van der Waals surface area contributed by atoms with E-state index in [2.05, 4.69) is 4.98 Å². The molecule has 0 aliphatic carbocycles. The van der Waals surface area contributed by atoms with Crippen LogP contribution in [0.5, 0.6) is 0 Å². The van der Waals surface area contributed by atoms with E-state index in [1.54, 1.807) is 18.0 Å². The summed E-state index contributed by atoms with van der Waals surface area (Å²) in [6, 6.07) is 11.3. The number of rotatable bonds is 5. The first-order valence-electron chi connectivity index (χ1n) is 5.58. The third-order valence-electron chi connectivity index (χ3n) is 2.38. The molecule has 0 spiro atoms. The Morgan fingerprint density at radius 2 is 1.94 bits per heavy atom. The highest BCUT2D eigenvalue weighted by atomic mass is 32.2. The van der Waals surface area contributed by atoms with Crippen LogP contribution in [0, 0.1) is 5.82 Å². The first-order valence-corrected chi connectivity index (χ1v) is 6.57. The summed E-state index contributed by atoms with van der Waals surface area (Å²) < 4.78 is 12.7. The van der Waals surface area contributed by atoms with Crippen LogP contribution in [0.3, 0.4) is 0 Å². The molecule has 92 valence electrons. The van der Waals surface area contributed by atoms with E-state index >= 15 is 0 Å². The summed E-state index contributed by atoms with van der Waals surface area (Å²) >= 11 is 1.54. The average molecular weight is 261 g/mol. The molecular weight excluding hydrogens is 249 g/mol. The highest BCUT2D eigenvalue weighted by Gasteiger charge is 2.06. The van der Waals surface area contributed by atoms with E-state index in [1.807, 2.05) is 18.2 Å². The largest absolute Gasteiger partial charge is 0.294 e. The summed E-state index contributed by atoms with van der Waals surface area (Å²) in [4.78, 5) is 16.0. The topological polar surface area (TPSA) is 30.0 Å². The standard InChI is InChI=1S/C14H12FNOS/c15-12-6-4-11(5-7-12)13(17)8-10-18-14-3-1-2-9-16-14/h1-7,9H,8,10H2. The number of hydrogen-bond donors (Lipinski definition) is 0. The van der Waals surface area contributed by atoms with Crippen LogP contribution in [0.25, 0.3) is 0 Å². The number of aromatic nitrogens is 1. The van der Waals surface area contributed by atoms with E-state index < -0.39 is 0 Å². The van der Waals surface area contributed by atoms with Gasteiger partial charge in [-0.25, -0.2) is 9.37 Å². The van der Waals surface area contributed by atoms with Crippen LogP contribution in [0.15, 0.2) is 53.7 Å². The Bertz CT molecular complexity index is 513. The van der Waals surface area contributed by atoms with Crippen molar-refractivity contribution in [3.05, 3.63) is 60.0 Å². The van der Waals surface area contributed by atoms with Crippen LogP contribution < -0.4 is 0 Å². The summed E-state index contributed by atoms with van der Waals surface area (Å²) in [7, 11) is 0. The first kappa shape index (κ1) is 12.8. The maximum Gasteiger partial charge on any atom is 0.163 e. The van der Waals surface area contributed by atoms with Crippen molar-refractivity contribution >= 4 is 17.5 Å². The lowest BCUT2D eigenvalue weighted by Crippen LogP contribution is -2.00. The number of Topliss-reactive ketones (excluding diaryl/α,β-unsaturated/α-hetero) is 1. The molecule has 0 fully saturated rings. The van der Waals surface area contributed by atoms with Gasteiger partial charge >= 0.3 is 0 Å². The quantitative estimate of drug-likeness (QED) is 0.608. The summed E-state index contributed by atoms with van der Waals surface area (Å²) in [5.41, 5.74) is 0.554. The average Bonchev–Trinajstić information content (AvgIpc) is 2.40. The maximum atomic E-state index is 12.7. The molecule has 1 aromatic heterocycles. The molecule has 0 aliphatic heterocycles. The van der Waals surface area contributed by atoms with Crippen molar-refractivity contribution in [2.45, 2.75) is 11.4 Å². The van der Waals surface area contributed by atoms with Crippen molar-refractivity contribution < 1.29 is 9.18 Å². The highest BCUT2D eigenvalue weighted by molar-refractivity contribution is 7.99. The number of benzene rings is 1. The minimum Gasteiger partial charge on any atom is -0.294 e. The molecule has 0 amide bonds. The van der Waals surface area contributed by atoms with Gasteiger partial charge in [-0.05, 0) is 36.4 Å². The minimum absolute atomic E-state index is 0.0263. The number of carbonyl (C=O) groups excluding carboxylic acids is 1. The van der Waals surface area contributed by atoms with E-state index in [1.165, 1.54) is 24.3 Å². The molecule has 0 aliphatic rings.